The Morgan fingerprint density at radius 1 is 0.619 bits per heavy atom. The predicted octanol–water partition coefficient (Wildman–Crippen LogP) is -0.686. The van der Waals surface area contributed by atoms with Gasteiger partial charge in [0.25, 0.3) is 0 Å². The van der Waals surface area contributed by atoms with Crippen LogP contribution in [0.2, 0.25) is 0 Å². The monoisotopic (exact) mass is 1200 g/mol. The summed E-state index contributed by atoms with van der Waals surface area (Å²) in [6.45, 7) is 17.9. The van der Waals surface area contributed by atoms with Crippen LogP contribution in [-0.2, 0) is 52.2 Å². The molecular weight excluding hydrogens is 1100 g/mol. The molecule has 478 valence electrons. The van der Waals surface area contributed by atoms with Gasteiger partial charge in [0.15, 0.2) is 25.2 Å². The van der Waals surface area contributed by atoms with E-state index in [1.807, 2.05) is 26.0 Å². The van der Waals surface area contributed by atoms with Gasteiger partial charge in [-0.2, -0.15) is 0 Å². The minimum Gasteiger partial charge on any atom is -0.461 e. The standard InChI is InChI=1S/C60H95NO23/c1-24(12-11-13-25(2)50(74)61-36-26(3)27(4)76-51(36)75)30-16-17-58(10)35-15-14-34-56(7,8)49(31(64)20-60(34)23-59(35,60)19-18-57(30,58)9)84-55-48(45(73)46(33(22-63)80-55)81-52-43(71)40(68)37(65)28(5)77-52)83-54-47(42(70)39(67)32(21-62)79-54)82-53-44(72)41(69)38(66)29(6)78-53/h11-13,24,26-49,52-55,62-73H,14-23H2,1-10H3,(H,61,74)/b12-11+,25-13+/t24-,26+,27-,28+,29+,30-,31-,32-,33-,34+,35+,36+,37+,38+,39-,40-,41-,42+,43-,44-,45+,46-,47-,48-,49+,52+,53+,54+,55+,57-,58+,59+,60-/m1/s1. The second-order valence-electron chi connectivity index (χ2n) is 27.9. The van der Waals surface area contributed by atoms with E-state index in [2.05, 4.69) is 46.0 Å². The highest BCUT2D eigenvalue weighted by atomic mass is 16.8. The molecule has 5 aliphatic heterocycles. The van der Waals surface area contributed by atoms with E-state index >= 15 is 0 Å². The van der Waals surface area contributed by atoms with Crippen LogP contribution in [0.3, 0.4) is 0 Å². The number of rotatable bonds is 15. The quantitative estimate of drug-likeness (QED) is 0.0418. The van der Waals surface area contributed by atoms with Gasteiger partial charge in [0.1, 0.15) is 97.6 Å². The van der Waals surface area contributed by atoms with Crippen LogP contribution in [0.1, 0.15) is 121 Å². The van der Waals surface area contributed by atoms with Gasteiger partial charge in [-0.15, -0.1) is 0 Å². The van der Waals surface area contributed by atoms with Gasteiger partial charge in [0.2, 0.25) is 5.91 Å². The summed E-state index contributed by atoms with van der Waals surface area (Å²) >= 11 is 0. The van der Waals surface area contributed by atoms with Gasteiger partial charge in [0, 0.05) is 11.5 Å². The predicted molar refractivity (Wildman–Crippen MR) is 291 cm³/mol. The number of ether oxygens (including phenoxy) is 9. The smallest absolute Gasteiger partial charge is 0.329 e. The Balaban J connectivity index is 0.887. The zero-order chi connectivity index (χ0) is 61.2. The molecule has 0 aromatic rings. The van der Waals surface area contributed by atoms with E-state index < -0.39 is 166 Å². The Hall–Kier alpha value is -2.38. The topological polar surface area (TPSA) is 372 Å². The molecule has 10 rings (SSSR count). The normalized spacial score (nSPS) is 54.0. The largest absolute Gasteiger partial charge is 0.461 e. The van der Waals surface area contributed by atoms with Crippen molar-refractivity contribution in [2.45, 2.75) is 268 Å². The fourth-order valence-electron chi connectivity index (χ4n) is 18.1. The van der Waals surface area contributed by atoms with Gasteiger partial charge >= 0.3 is 5.97 Å². The molecule has 5 heterocycles. The molecule has 24 nitrogen and oxygen atoms in total. The highest BCUT2D eigenvalue weighted by Gasteiger charge is 2.83. The van der Waals surface area contributed by atoms with Crippen molar-refractivity contribution in [1.82, 2.24) is 5.32 Å². The number of cyclic esters (lactones) is 1. The van der Waals surface area contributed by atoms with Gasteiger partial charge in [-0.05, 0) is 130 Å². The van der Waals surface area contributed by atoms with Crippen LogP contribution < -0.4 is 5.32 Å². The van der Waals surface area contributed by atoms with Crippen molar-refractivity contribution in [3.63, 3.8) is 0 Å². The Morgan fingerprint density at radius 3 is 1.77 bits per heavy atom. The maximum Gasteiger partial charge on any atom is 0.329 e. The molecule has 1 amide bonds. The van der Waals surface area contributed by atoms with Crippen molar-refractivity contribution in [3.05, 3.63) is 23.8 Å². The molecule has 24 heteroatoms. The van der Waals surface area contributed by atoms with E-state index in [-0.39, 0.29) is 51.4 Å². The van der Waals surface area contributed by atoms with Crippen LogP contribution in [0.25, 0.3) is 0 Å². The highest BCUT2D eigenvalue weighted by molar-refractivity contribution is 5.96. The van der Waals surface area contributed by atoms with Crippen molar-refractivity contribution in [2.75, 3.05) is 13.2 Å². The zero-order valence-electron chi connectivity index (χ0n) is 49.9. The van der Waals surface area contributed by atoms with Crippen molar-refractivity contribution in [1.29, 1.82) is 0 Å². The minimum absolute atomic E-state index is 0.00455. The lowest BCUT2D eigenvalue weighted by Crippen LogP contribution is -2.68. The lowest BCUT2D eigenvalue weighted by Gasteiger charge is -2.64. The summed E-state index contributed by atoms with van der Waals surface area (Å²) in [5.41, 5.74) is -0.540. The summed E-state index contributed by atoms with van der Waals surface area (Å²) in [5.74, 6) is 0.160. The SMILES string of the molecule is C/C(=C\C=C\[C@@H](C)[C@H]1CC[C@@]2(C)[C@@H]3CC[C@H]4C(C)(C)[C@@H](O[C@@H]5O[C@H](CO)[C@@H](O[C@@H]6O[C@@H](C)[C@H](O)[C@@H](O)[C@H]6O)[C@H](O)[C@H]5O[C@@H]5O[C@H](CO)[C@@H](O)[C@H](O)[C@H]5O[C@@H]5O[C@@H](C)[C@H](O)[C@@H](O)[C@H]5O)[C@H](O)C[C@@]45C[C@@]35CC[C@]12C)C(=O)N[C@@H]1C(=O)O[C@H](C)[C@@H]1C. The van der Waals surface area contributed by atoms with Crippen LogP contribution >= 0.6 is 0 Å². The molecule has 5 aliphatic carbocycles. The number of hydrogen-bond donors (Lipinski definition) is 13. The lowest BCUT2D eigenvalue weighted by atomic mass is 9.41. The summed E-state index contributed by atoms with van der Waals surface area (Å²) in [6.07, 6.45) is -22.7. The number of carbonyl (C=O) groups excluding carboxylic acids is 2. The number of hydrogen-bond acceptors (Lipinski definition) is 23. The van der Waals surface area contributed by atoms with E-state index in [9.17, 15) is 70.9 Å². The second kappa shape index (κ2) is 23.8. The number of aliphatic hydroxyl groups excluding tert-OH is 12. The Kier molecular flexibility index (Phi) is 18.3. The molecule has 13 N–H and O–H groups in total. The Labute approximate surface area is 490 Å². The first-order valence-corrected chi connectivity index (χ1v) is 30.6. The zero-order valence-corrected chi connectivity index (χ0v) is 49.9. The Bertz CT molecular complexity index is 2430. The van der Waals surface area contributed by atoms with E-state index in [1.165, 1.54) is 13.8 Å². The van der Waals surface area contributed by atoms with E-state index in [4.69, 9.17) is 42.6 Å². The van der Waals surface area contributed by atoms with Crippen molar-refractivity contribution >= 4 is 11.9 Å². The summed E-state index contributed by atoms with van der Waals surface area (Å²) in [4.78, 5) is 25.5. The average molecular weight is 1200 g/mol. The third kappa shape index (κ3) is 10.5. The molecule has 0 unspecified atom stereocenters. The van der Waals surface area contributed by atoms with Crippen molar-refractivity contribution < 1.29 is 113 Å². The van der Waals surface area contributed by atoms with Crippen LogP contribution in [0, 0.1) is 56.7 Å². The number of carbonyl (C=O) groups is 2. The first kappa shape index (κ1) is 64.6. The average Bonchev–Trinajstić information content (AvgIpc) is 1.46. The number of fused-ring (bicyclic) bond motifs is 2. The lowest BCUT2D eigenvalue weighted by molar-refractivity contribution is -0.408. The minimum atomic E-state index is -1.96. The molecule has 84 heavy (non-hydrogen) atoms. The maximum absolute atomic E-state index is 13.1. The molecule has 33 atom stereocenters. The number of esters is 1. The number of amides is 1. The molecule has 0 bridgehead atoms. The molecule has 10 fully saturated rings. The summed E-state index contributed by atoms with van der Waals surface area (Å²) < 4.78 is 54.8. The van der Waals surface area contributed by atoms with Gasteiger partial charge in [-0.1, -0.05) is 59.8 Å². The molecule has 5 saturated carbocycles. The van der Waals surface area contributed by atoms with Gasteiger partial charge in [0.05, 0.1) is 37.6 Å². The van der Waals surface area contributed by atoms with Gasteiger partial charge < -0.3 is 109 Å². The molecule has 0 radical (unpaired) electrons. The maximum atomic E-state index is 13.1. The first-order valence-electron chi connectivity index (χ1n) is 30.6. The van der Waals surface area contributed by atoms with E-state index in [0.29, 0.717) is 23.8 Å². The summed E-state index contributed by atoms with van der Waals surface area (Å²) in [5, 5.41) is 136. The van der Waals surface area contributed by atoms with Crippen LogP contribution in [-0.4, -0.2) is 234 Å². The summed E-state index contributed by atoms with van der Waals surface area (Å²) in [7, 11) is 0. The second-order valence-corrected chi connectivity index (χ2v) is 27.9. The molecule has 2 spiro atoms. The number of aliphatic hydroxyl groups is 12. The van der Waals surface area contributed by atoms with Crippen LogP contribution in [0.15, 0.2) is 23.8 Å². The molecule has 10 aliphatic rings. The fourth-order valence-corrected chi connectivity index (χ4v) is 18.1. The Morgan fingerprint density at radius 2 is 1.18 bits per heavy atom. The first-order chi connectivity index (χ1) is 39.4. The third-order valence-electron chi connectivity index (χ3n) is 23.3. The molecule has 0 aromatic carbocycles. The highest BCUT2D eigenvalue weighted by Crippen LogP contribution is 2.89. The van der Waals surface area contributed by atoms with Crippen LogP contribution in [0.5, 0.6) is 0 Å². The summed E-state index contributed by atoms with van der Waals surface area (Å²) in [6, 6.07) is -0.686. The number of allylic oxidation sites excluding steroid dienone is 3. The van der Waals surface area contributed by atoms with Crippen molar-refractivity contribution in [2.24, 2.45) is 56.7 Å². The molecule has 0 aromatic heterocycles. The third-order valence-corrected chi connectivity index (χ3v) is 23.3. The molecular formula is C60H95NO23. The van der Waals surface area contributed by atoms with E-state index in [1.54, 1.807) is 6.92 Å². The van der Waals surface area contributed by atoms with Crippen molar-refractivity contribution in [3.8, 4) is 0 Å². The van der Waals surface area contributed by atoms with Crippen LogP contribution in [0.4, 0.5) is 0 Å². The van der Waals surface area contributed by atoms with Gasteiger partial charge in [-0.3, -0.25) is 4.79 Å². The van der Waals surface area contributed by atoms with E-state index in [0.717, 1.165) is 44.9 Å². The van der Waals surface area contributed by atoms with Gasteiger partial charge in [-0.25, -0.2) is 4.79 Å². The fraction of sp³-hybridized carbons (Fsp3) is 0.900. The molecule has 5 saturated heterocycles. The number of nitrogens with one attached hydrogen (secondary N) is 1.